The Morgan fingerprint density at radius 3 is 2.93 bits per heavy atom. The molecular weight excluding hydrogens is 194 g/mol. The van der Waals surface area contributed by atoms with Crippen LogP contribution >= 0.6 is 0 Å². The molecular formula is C10H15N3O2. The molecule has 0 spiro atoms. The van der Waals surface area contributed by atoms with Gasteiger partial charge in [-0.05, 0) is 26.2 Å². The second-order valence-corrected chi connectivity index (χ2v) is 4.17. The van der Waals surface area contributed by atoms with Gasteiger partial charge in [0.15, 0.2) is 6.39 Å². The summed E-state index contributed by atoms with van der Waals surface area (Å²) in [5.41, 5.74) is 6.38. The van der Waals surface area contributed by atoms with Gasteiger partial charge < -0.3 is 15.5 Å². The van der Waals surface area contributed by atoms with Crippen molar-refractivity contribution in [3.05, 3.63) is 17.8 Å². The quantitative estimate of drug-likeness (QED) is 0.763. The molecule has 2 rings (SSSR count). The monoisotopic (exact) mass is 209 g/mol. The summed E-state index contributed by atoms with van der Waals surface area (Å²) in [5.74, 6) is 0.0413. The first-order valence-corrected chi connectivity index (χ1v) is 5.08. The number of nitrogens with zero attached hydrogens (tertiary/aromatic N) is 1. The third-order valence-corrected chi connectivity index (χ3v) is 2.90. The van der Waals surface area contributed by atoms with E-state index in [2.05, 4.69) is 10.3 Å². The van der Waals surface area contributed by atoms with Gasteiger partial charge in [0, 0.05) is 12.1 Å². The molecule has 1 fully saturated rings. The summed E-state index contributed by atoms with van der Waals surface area (Å²) in [6, 6.07) is 0. The highest BCUT2D eigenvalue weighted by atomic mass is 16.3. The number of aryl methyl sites for hydroxylation is 1. The zero-order valence-electron chi connectivity index (χ0n) is 8.75. The zero-order chi connectivity index (χ0) is 10.9. The molecule has 1 aromatic rings. The molecule has 3 N–H and O–H groups in total. The standard InChI is InChI=1S/C10H15N3O2/c1-7-8(15-6-13-7)9(14)12-5-10(11)3-2-4-10/h6H,2-5,11H2,1H3,(H,12,14). The number of amides is 1. The first kappa shape index (κ1) is 10.2. The maximum absolute atomic E-state index is 11.6. The van der Waals surface area contributed by atoms with E-state index in [0.29, 0.717) is 12.2 Å². The molecule has 0 saturated heterocycles. The van der Waals surface area contributed by atoms with E-state index in [1.165, 1.54) is 6.39 Å². The molecule has 1 aliphatic rings. The Labute approximate surface area is 88.0 Å². The molecule has 5 nitrogen and oxygen atoms in total. The summed E-state index contributed by atoms with van der Waals surface area (Å²) in [6.45, 7) is 2.24. The van der Waals surface area contributed by atoms with Crippen LogP contribution in [0.1, 0.15) is 35.5 Å². The third kappa shape index (κ3) is 2.02. The molecule has 1 amide bonds. The van der Waals surface area contributed by atoms with Gasteiger partial charge >= 0.3 is 0 Å². The normalized spacial score (nSPS) is 18.3. The fraction of sp³-hybridized carbons (Fsp3) is 0.600. The second kappa shape index (κ2) is 3.66. The van der Waals surface area contributed by atoms with E-state index >= 15 is 0 Å². The average Bonchev–Trinajstić information content (AvgIpc) is 2.58. The molecule has 0 atom stereocenters. The van der Waals surface area contributed by atoms with E-state index in [1.54, 1.807) is 6.92 Å². The SMILES string of the molecule is Cc1ncoc1C(=O)NCC1(N)CCC1. The Hall–Kier alpha value is -1.36. The van der Waals surface area contributed by atoms with E-state index in [4.69, 9.17) is 10.2 Å². The largest absolute Gasteiger partial charge is 0.438 e. The molecule has 1 aromatic heterocycles. The first-order chi connectivity index (χ1) is 7.11. The highest BCUT2D eigenvalue weighted by molar-refractivity contribution is 5.92. The fourth-order valence-electron chi connectivity index (χ4n) is 1.66. The third-order valence-electron chi connectivity index (χ3n) is 2.90. The molecule has 1 saturated carbocycles. The van der Waals surface area contributed by atoms with Crippen LogP contribution in [0.4, 0.5) is 0 Å². The predicted octanol–water partition coefficient (Wildman–Crippen LogP) is 0.594. The summed E-state index contributed by atoms with van der Waals surface area (Å²) in [5, 5.41) is 2.77. The highest BCUT2D eigenvalue weighted by Crippen LogP contribution is 2.28. The maximum atomic E-state index is 11.6. The van der Waals surface area contributed by atoms with E-state index in [1.807, 2.05) is 0 Å². The molecule has 0 radical (unpaired) electrons. The van der Waals surface area contributed by atoms with Gasteiger partial charge in [0.05, 0.1) is 5.69 Å². The van der Waals surface area contributed by atoms with E-state index < -0.39 is 0 Å². The van der Waals surface area contributed by atoms with Crippen LogP contribution in [0, 0.1) is 6.92 Å². The van der Waals surface area contributed by atoms with Crippen LogP contribution in [-0.2, 0) is 0 Å². The van der Waals surface area contributed by atoms with Gasteiger partial charge in [-0.1, -0.05) is 0 Å². The van der Waals surface area contributed by atoms with Crippen molar-refractivity contribution in [1.82, 2.24) is 10.3 Å². The summed E-state index contributed by atoms with van der Waals surface area (Å²) in [4.78, 5) is 15.5. The van der Waals surface area contributed by atoms with Crippen LogP contribution in [0.25, 0.3) is 0 Å². The number of carbonyl (C=O) groups is 1. The topological polar surface area (TPSA) is 81.2 Å². The summed E-state index contributed by atoms with van der Waals surface area (Å²) in [6.07, 6.45) is 4.37. The number of hydrogen-bond acceptors (Lipinski definition) is 4. The van der Waals surface area contributed by atoms with Crippen molar-refractivity contribution in [3.63, 3.8) is 0 Å². The van der Waals surface area contributed by atoms with Gasteiger partial charge in [-0.25, -0.2) is 4.98 Å². The Kier molecular flexibility index (Phi) is 2.48. The number of aromatic nitrogens is 1. The summed E-state index contributed by atoms with van der Waals surface area (Å²) in [7, 11) is 0. The zero-order valence-corrected chi connectivity index (χ0v) is 8.75. The van der Waals surface area contributed by atoms with Crippen LogP contribution in [0.3, 0.4) is 0 Å². The van der Waals surface area contributed by atoms with Crippen molar-refractivity contribution in [2.45, 2.75) is 31.7 Å². The van der Waals surface area contributed by atoms with Crippen molar-refractivity contribution >= 4 is 5.91 Å². The average molecular weight is 209 g/mol. The van der Waals surface area contributed by atoms with E-state index in [0.717, 1.165) is 19.3 Å². The van der Waals surface area contributed by atoms with Gasteiger partial charge in [0.1, 0.15) is 0 Å². The van der Waals surface area contributed by atoms with Gasteiger partial charge in [0.25, 0.3) is 5.91 Å². The molecule has 1 heterocycles. The van der Waals surface area contributed by atoms with Gasteiger partial charge in [-0.15, -0.1) is 0 Å². The Morgan fingerprint density at radius 1 is 1.73 bits per heavy atom. The van der Waals surface area contributed by atoms with E-state index in [9.17, 15) is 4.79 Å². The Balaban J connectivity index is 1.90. The number of rotatable bonds is 3. The van der Waals surface area contributed by atoms with Crippen LogP contribution in [0.15, 0.2) is 10.8 Å². The number of hydrogen-bond donors (Lipinski definition) is 2. The smallest absolute Gasteiger partial charge is 0.289 e. The van der Waals surface area contributed by atoms with Crippen molar-refractivity contribution in [2.24, 2.45) is 5.73 Å². The molecule has 0 aliphatic heterocycles. The number of carbonyl (C=O) groups excluding carboxylic acids is 1. The van der Waals surface area contributed by atoms with Crippen LogP contribution < -0.4 is 11.1 Å². The molecule has 5 heteroatoms. The van der Waals surface area contributed by atoms with Crippen molar-refractivity contribution in [1.29, 1.82) is 0 Å². The van der Waals surface area contributed by atoms with Crippen LogP contribution in [0.2, 0.25) is 0 Å². The second-order valence-electron chi connectivity index (χ2n) is 4.17. The first-order valence-electron chi connectivity index (χ1n) is 5.08. The minimum absolute atomic E-state index is 0.205. The minimum atomic E-state index is -0.235. The van der Waals surface area contributed by atoms with Crippen molar-refractivity contribution in [2.75, 3.05) is 6.54 Å². The summed E-state index contributed by atoms with van der Waals surface area (Å²) >= 11 is 0. The highest BCUT2D eigenvalue weighted by Gasteiger charge is 2.33. The maximum Gasteiger partial charge on any atom is 0.289 e. The number of oxazole rings is 1. The summed E-state index contributed by atoms with van der Waals surface area (Å²) < 4.78 is 4.98. The fourth-order valence-corrected chi connectivity index (χ4v) is 1.66. The molecule has 15 heavy (non-hydrogen) atoms. The Bertz CT molecular complexity index is 368. The molecule has 0 unspecified atom stereocenters. The molecule has 1 aliphatic carbocycles. The van der Waals surface area contributed by atoms with Crippen molar-refractivity contribution in [3.8, 4) is 0 Å². The van der Waals surface area contributed by atoms with Gasteiger partial charge in [-0.3, -0.25) is 4.79 Å². The van der Waals surface area contributed by atoms with Gasteiger partial charge in [-0.2, -0.15) is 0 Å². The Morgan fingerprint density at radius 2 is 2.47 bits per heavy atom. The van der Waals surface area contributed by atoms with Crippen molar-refractivity contribution < 1.29 is 9.21 Å². The molecule has 0 bridgehead atoms. The van der Waals surface area contributed by atoms with E-state index in [-0.39, 0.29) is 17.2 Å². The molecule has 82 valence electrons. The minimum Gasteiger partial charge on any atom is -0.438 e. The predicted molar refractivity (Wildman–Crippen MR) is 54.3 cm³/mol. The number of nitrogens with one attached hydrogen (secondary N) is 1. The lowest BCUT2D eigenvalue weighted by Crippen LogP contribution is -2.54. The van der Waals surface area contributed by atoms with Crippen LogP contribution in [-0.4, -0.2) is 23.0 Å². The van der Waals surface area contributed by atoms with Crippen LogP contribution in [0.5, 0.6) is 0 Å². The lowest BCUT2D eigenvalue weighted by molar-refractivity contribution is 0.0901. The number of nitrogens with two attached hydrogens (primary N) is 1. The lowest BCUT2D eigenvalue weighted by atomic mass is 9.78. The lowest BCUT2D eigenvalue weighted by Gasteiger charge is -2.37. The molecule has 0 aromatic carbocycles. The van der Waals surface area contributed by atoms with Gasteiger partial charge in [0.2, 0.25) is 5.76 Å².